The van der Waals surface area contributed by atoms with Crippen LogP contribution in [-0.4, -0.2) is 39.8 Å². The lowest BCUT2D eigenvalue weighted by molar-refractivity contribution is -0.115. The number of amides is 1. The molecule has 1 heterocycles. The number of hydrogen-bond acceptors (Lipinski definition) is 7. The highest BCUT2D eigenvalue weighted by atomic mass is 32.2. The fourth-order valence-electron chi connectivity index (χ4n) is 2.60. The molecule has 30 heavy (non-hydrogen) atoms. The highest BCUT2D eigenvalue weighted by Gasteiger charge is 2.20. The predicted molar refractivity (Wildman–Crippen MR) is 115 cm³/mol. The van der Waals surface area contributed by atoms with Gasteiger partial charge in [0.15, 0.2) is 0 Å². The molecule has 1 amide bonds. The number of sulfonamides is 1. The first kappa shape index (κ1) is 21.9. The number of thioether (sulfide) groups is 1. The third-order valence-electron chi connectivity index (χ3n) is 4.35. The average molecular weight is 447 g/mol. The van der Waals surface area contributed by atoms with Crippen molar-refractivity contribution in [2.24, 2.45) is 5.14 Å². The summed E-state index contributed by atoms with van der Waals surface area (Å²) in [6.07, 6.45) is 0. The minimum atomic E-state index is -3.78. The van der Waals surface area contributed by atoms with E-state index in [2.05, 4.69) is 34.7 Å². The Labute approximate surface area is 179 Å². The van der Waals surface area contributed by atoms with Gasteiger partial charge in [0.05, 0.1) is 15.8 Å². The summed E-state index contributed by atoms with van der Waals surface area (Å²) in [6, 6.07) is 13.6. The van der Waals surface area contributed by atoms with Gasteiger partial charge >= 0.3 is 0 Å². The molecular formula is C19H22N6O3S2. The van der Waals surface area contributed by atoms with Crippen LogP contribution < -0.4 is 10.5 Å². The molecule has 0 saturated heterocycles. The first-order chi connectivity index (χ1) is 14.1. The van der Waals surface area contributed by atoms with E-state index in [4.69, 9.17) is 5.14 Å². The number of nitrogens with zero attached hydrogens (tertiary/aromatic N) is 4. The largest absolute Gasteiger partial charge is 0.325 e. The number of carbonyl (C=O) groups excluding carboxylic acids is 1. The second kappa shape index (κ2) is 8.94. The summed E-state index contributed by atoms with van der Waals surface area (Å²) in [5.41, 5.74) is 2.48. The molecule has 1 atom stereocenters. The van der Waals surface area contributed by atoms with Crippen LogP contribution >= 0.6 is 11.8 Å². The summed E-state index contributed by atoms with van der Waals surface area (Å²) in [7, 11) is -3.78. The van der Waals surface area contributed by atoms with Crippen molar-refractivity contribution >= 4 is 33.4 Å². The topological polar surface area (TPSA) is 133 Å². The number of benzene rings is 2. The van der Waals surface area contributed by atoms with E-state index in [9.17, 15) is 13.2 Å². The van der Waals surface area contributed by atoms with Gasteiger partial charge in [-0.05, 0) is 65.2 Å². The zero-order valence-electron chi connectivity index (χ0n) is 16.7. The van der Waals surface area contributed by atoms with E-state index < -0.39 is 15.3 Å². The summed E-state index contributed by atoms with van der Waals surface area (Å²) >= 11 is 1.22. The Morgan fingerprint density at radius 1 is 1.07 bits per heavy atom. The number of anilines is 1. The van der Waals surface area contributed by atoms with Gasteiger partial charge in [0.25, 0.3) is 0 Å². The Morgan fingerprint density at radius 2 is 1.70 bits per heavy atom. The second-order valence-electron chi connectivity index (χ2n) is 6.94. The SMILES string of the molecule is CC(Sc1nnnn1-c1ccc(C(C)C)cc1)C(=O)Nc1ccc(S(N)(=O)=O)cc1. The third-order valence-corrected chi connectivity index (χ3v) is 6.31. The van der Waals surface area contributed by atoms with Gasteiger partial charge in [-0.3, -0.25) is 4.79 Å². The zero-order valence-corrected chi connectivity index (χ0v) is 18.3. The minimum absolute atomic E-state index is 0.0226. The lowest BCUT2D eigenvalue weighted by Crippen LogP contribution is -2.23. The van der Waals surface area contributed by atoms with Gasteiger partial charge in [0.1, 0.15) is 0 Å². The van der Waals surface area contributed by atoms with Crippen molar-refractivity contribution in [3.63, 3.8) is 0 Å². The maximum atomic E-state index is 12.5. The molecule has 1 aromatic heterocycles. The van der Waals surface area contributed by atoms with Crippen molar-refractivity contribution in [2.75, 3.05) is 5.32 Å². The summed E-state index contributed by atoms with van der Waals surface area (Å²) in [6.45, 7) is 5.98. The fraction of sp³-hybridized carbons (Fsp3) is 0.263. The molecule has 0 aliphatic heterocycles. The molecule has 2 aromatic carbocycles. The van der Waals surface area contributed by atoms with E-state index in [0.29, 0.717) is 16.8 Å². The lowest BCUT2D eigenvalue weighted by atomic mass is 10.0. The van der Waals surface area contributed by atoms with Gasteiger partial charge in [-0.15, -0.1) is 5.10 Å². The summed E-state index contributed by atoms with van der Waals surface area (Å²) < 4.78 is 24.2. The van der Waals surface area contributed by atoms with Crippen LogP contribution in [0.5, 0.6) is 0 Å². The normalized spacial score (nSPS) is 12.7. The van der Waals surface area contributed by atoms with Gasteiger partial charge in [0.2, 0.25) is 21.1 Å². The average Bonchev–Trinajstić information content (AvgIpc) is 3.15. The van der Waals surface area contributed by atoms with Gasteiger partial charge in [-0.1, -0.05) is 37.7 Å². The monoisotopic (exact) mass is 446 g/mol. The van der Waals surface area contributed by atoms with E-state index in [1.54, 1.807) is 11.6 Å². The number of hydrogen-bond donors (Lipinski definition) is 2. The quantitative estimate of drug-likeness (QED) is 0.533. The van der Waals surface area contributed by atoms with Crippen LogP contribution in [0, 0.1) is 0 Å². The Hall–Kier alpha value is -2.76. The minimum Gasteiger partial charge on any atom is -0.325 e. The smallest absolute Gasteiger partial charge is 0.238 e. The summed E-state index contributed by atoms with van der Waals surface area (Å²) in [5.74, 6) is 0.151. The molecule has 0 aliphatic rings. The van der Waals surface area contributed by atoms with E-state index in [-0.39, 0.29) is 10.8 Å². The maximum absolute atomic E-state index is 12.5. The van der Waals surface area contributed by atoms with Crippen molar-refractivity contribution in [1.82, 2.24) is 20.2 Å². The fourth-order valence-corrected chi connectivity index (χ4v) is 3.92. The van der Waals surface area contributed by atoms with E-state index >= 15 is 0 Å². The maximum Gasteiger partial charge on any atom is 0.238 e. The van der Waals surface area contributed by atoms with Crippen LogP contribution in [0.4, 0.5) is 5.69 Å². The third kappa shape index (κ3) is 5.23. The Bertz CT molecular complexity index is 1130. The van der Waals surface area contributed by atoms with Gasteiger partial charge < -0.3 is 5.32 Å². The first-order valence-electron chi connectivity index (χ1n) is 9.14. The number of tetrazole rings is 1. The zero-order chi connectivity index (χ0) is 21.9. The highest BCUT2D eigenvalue weighted by molar-refractivity contribution is 8.00. The number of nitrogens with two attached hydrogens (primary N) is 1. The molecule has 3 N–H and O–H groups in total. The number of aromatic nitrogens is 4. The number of nitrogens with one attached hydrogen (secondary N) is 1. The molecule has 0 saturated carbocycles. The van der Waals surface area contributed by atoms with Crippen molar-refractivity contribution in [1.29, 1.82) is 0 Å². The van der Waals surface area contributed by atoms with Crippen LogP contribution in [0.15, 0.2) is 58.6 Å². The van der Waals surface area contributed by atoms with Crippen LogP contribution in [0.25, 0.3) is 5.69 Å². The van der Waals surface area contributed by atoms with Gasteiger partial charge in [-0.2, -0.15) is 4.68 Å². The molecule has 3 rings (SSSR count). The Balaban J connectivity index is 1.68. The molecule has 1 unspecified atom stereocenters. The lowest BCUT2D eigenvalue weighted by Gasteiger charge is -2.12. The number of rotatable bonds is 7. The molecule has 158 valence electrons. The Kier molecular flexibility index (Phi) is 6.54. The van der Waals surface area contributed by atoms with Crippen LogP contribution in [-0.2, 0) is 14.8 Å². The predicted octanol–water partition coefficient (Wildman–Crippen LogP) is 2.55. The number of primary sulfonamides is 1. The molecule has 0 spiro atoms. The first-order valence-corrected chi connectivity index (χ1v) is 11.6. The van der Waals surface area contributed by atoms with Crippen molar-refractivity contribution in [2.45, 2.75) is 42.0 Å². The van der Waals surface area contributed by atoms with Crippen molar-refractivity contribution < 1.29 is 13.2 Å². The van der Waals surface area contributed by atoms with Crippen LogP contribution in [0.1, 0.15) is 32.3 Å². The van der Waals surface area contributed by atoms with Crippen LogP contribution in [0.3, 0.4) is 0 Å². The molecule has 11 heteroatoms. The highest BCUT2D eigenvalue weighted by Crippen LogP contribution is 2.25. The standard InChI is InChI=1S/C19H22N6O3S2/c1-12(2)14-4-8-16(9-5-14)25-19(22-23-24-25)29-13(3)18(26)21-15-6-10-17(11-7-15)30(20,27)28/h4-13H,1-3H3,(H,21,26)(H2,20,27,28). The Morgan fingerprint density at radius 3 is 2.27 bits per heavy atom. The number of carbonyl (C=O) groups is 1. The molecule has 0 fully saturated rings. The van der Waals surface area contributed by atoms with Gasteiger partial charge in [0, 0.05) is 5.69 Å². The second-order valence-corrected chi connectivity index (χ2v) is 9.81. The summed E-state index contributed by atoms with van der Waals surface area (Å²) in [5, 5.41) is 19.6. The van der Waals surface area contributed by atoms with Gasteiger partial charge in [-0.25, -0.2) is 13.6 Å². The molecule has 9 nitrogen and oxygen atoms in total. The molecule has 0 bridgehead atoms. The molecular weight excluding hydrogens is 424 g/mol. The van der Waals surface area contributed by atoms with E-state index in [1.165, 1.54) is 41.6 Å². The van der Waals surface area contributed by atoms with E-state index in [1.807, 2.05) is 24.3 Å². The van der Waals surface area contributed by atoms with Crippen LogP contribution in [0.2, 0.25) is 0 Å². The molecule has 0 aliphatic carbocycles. The van der Waals surface area contributed by atoms with Crippen molar-refractivity contribution in [3.05, 3.63) is 54.1 Å². The molecule has 3 aromatic rings. The van der Waals surface area contributed by atoms with E-state index in [0.717, 1.165) is 5.69 Å². The molecule has 0 radical (unpaired) electrons. The van der Waals surface area contributed by atoms with Crippen molar-refractivity contribution in [3.8, 4) is 5.69 Å². The summed E-state index contributed by atoms with van der Waals surface area (Å²) in [4.78, 5) is 12.5.